The van der Waals surface area contributed by atoms with Crippen LogP contribution in [0.25, 0.3) is 0 Å². The van der Waals surface area contributed by atoms with Crippen molar-refractivity contribution in [3.8, 4) is 0 Å². The van der Waals surface area contributed by atoms with Crippen LogP contribution in [0, 0.1) is 0 Å². The van der Waals surface area contributed by atoms with Gasteiger partial charge in [-0.15, -0.1) is 13.2 Å². The topological polar surface area (TPSA) is 20.2 Å². The zero-order chi connectivity index (χ0) is 8.74. The Labute approximate surface area is 71.1 Å². The summed E-state index contributed by atoms with van der Waals surface area (Å²) >= 11 is 0. The summed E-state index contributed by atoms with van der Waals surface area (Å²) < 4.78 is 0. The highest BCUT2D eigenvalue weighted by molar-refractivity contribution is 8.33. The summed E-state index contributed by atoms with van der Waals surface area (Å²) in [6.45, 7) is 7.72. The molecule has 0 fully saturated rings. The molecule has 1 N–H and O–H groups in total. The third kappa shape index (κ3) is 4.27. The molecule has 66 valence electrons. The maximum atomic E-state index is 8.81. The summed E-state index contributed by atoms with van der Waals surface area (Å²) in [4.78, 5) is 0. The highest BCUT2D eigenvalue weighted by atomic mass is 32.3. The van der Waals surface area contributed by atoms with Gasteiger partial charge in [0.25, 0.3) is 0 Å². The first-order chi connectivity index (χ1) is 5.18. The maximum absolute atomic E-state index is 8.81. The minimum atomic E-state index is -0.675. The fourth-order valence-electron chi connectivity index (χ4n) is 1.02. The van der Waals surface area contributed by atoms with Gasteiger partial charge in [-0.1, -0.05) is 12.2 Å². The van der Waals surface area contributed by atoms with Crippen molar-refractivity contribution in [1.29, 1.82) is 0 Å². The molecule has 2 heteroatoms. The Balaban J connectivity index is 3.98. The van der Waals surface area contributed by atoms with Gasteiger partial charge >= 0.3 is 0 Å². The number of aliphatic hydroxyl groups is 1. The van der Waals surface area contributed by atoms with Crippen molar-refractivity contribution in [2.75, 3.05) is 30.1 Å². The van der Waals surface area contributed by atoms with Gasteiger partial charge in [0.2, 0.25) is 0 Å². The fraction of sp³-hybridized carbons (Fsp3) is 0.556. The van der Waals surface area contributed by atoms with Gasteiger partial charge in [-0.3, -0.25) is 0 Å². The highest BCUT2D eigenvalue weighted by Gasteiger charge is 2.13. The molecule has 0 unspecified atom stereocenters. The standard InChI is InChI=1S/C9H18OS/c1-4-7-11(3,8-5-2)9-6-10/h4-5,10H,1-2,6-9H2,3H3. The second-order valence-corrected chi connectivity index (χ2v) is 6.85. The Morgan fingerprint density at radius 3 is 2.00 bits per heavy atom. The van der Waals surface area contributed by atoms with Gasteiger partial charge in [-0.05, 0) is 17.8 Å². The van der Waals surface area contributed by atoms with E-state index in [1.54, 1.807) is 0 Å². The van der Waals surface area contributed by atoms with Crippen molar-refractivity contribution in [2.45, 2.75) is 0 Å². The largest absolute Gasteiger partial charge is 0.396 e. The molecule has 0 aromatic carbocycles. The molecule has 0 amide bonds. The molecule has 0 atom stereocenters. The van der Waals surface area contributed by atoms with Crippen molar-refractivity contribution in [3.63, 3.8) is 0 Å². The maximum Gasteiger partial charge on any atom is 0.0507 e. The molecule has 0 aliphatic heterocycles. The van der Waals surface area contributed by atoms with Gasteiger partial charge in [-0.25, -0.2) is 10.0 Å². The van der Waals surface area contributed by atoms with E-state index in [1.165, 1.54) is 0 Å². The predicted octanol–water partition coefficient (Wildman–Crippen LogP) is 1.79. The fourth-order valence-corrected chi connectivity index (χ4v) is 3.07. The van der Waals surface area contributed by atoms with E-state index in [9.17, 15) is 0 Å². The number of hydrogen-bond acceptors (Lipinski definition) is 1. The van der Waals surface area contributed by atoms with Crippen LogP contribution in [-0.4, -0.2) is 35.2 Å². The Morgan fingerprint density at radius 2 is 1.73 bits per heavy atom. The first-order valence-electron chi connectivity index (χ1n) is 3.72. The molecule has 0 spiro atoms. The molecule has 0 saturated heterocycles. The summed E-state index contributed by atoms with van der Waals surface area (Å²) in [7, 11) is -0.675. The van der Waals surface area contributed by atoms with Crippen molar-refractivity contribution in [2.24, 2.45) is 0 Å². The van der Waals surface area contributed by atoms with E-state index in [1.807, 2.05) is 12.2 Å². The van der Waals surface area contributed by atoms with E-state index in [4.69, 9.17) is 5.11 Å². The lowest BCUT2D eigenvalue weighted by atomic mass is 10.7. The highest BCUT2D eigenvalue weighted by Crippen LogP contribution is 2.43. The Hall–Kier alpha value is -0.210. The second-order valence-electron chi connectivity index (χ2n) is 2.82. The van der Waals surface area contributed by atoms with E-state index in [-0.39, 0.29) is 6.61 Å². The average molecular weight is 174 g/mol. The van der Waals surface area contributed by atoms with Crippen LogP contribution < -0.4 is 0 Å². The number of aliphatic hydroxyl groups excluding tert-OH is 1. The predicted molar refractivity (Wildman–Crippen MR) is 55.6 cm³/mol. The van der Waals surface area contributed by atoms with E-state index in [0.29, 0.717) is 0 Å². The molecule has 11 heavy (non-hydrogen) atoms. The molecule has 0 aliphatic rings. The van der Waals surface area contributed by atoms with Crippen LogP contribution in [-0.2, 0) is 0 Å². The zero-order valence-corrected chi connectivity index (χ0v) is 8.07. The van der Waals surface area contributed by atoms with Crippen LogP contribution in [0.15, 0.2) is 25.3 Å². The molecule has 0 saturated carbocycles. The molecule has 0 heterocycles. The number of rotatable bonds is 6. The van der Waals surface area contributed by atoms with Crippen LogP contribution in [0.2, 0.25) is 0 Å². The minimum Gasteiger partial charge on any atom is -0.396 e. The monoisotopic (exact) mass is 174 g/mol. The van der Waals surface area contributed by atoms with Crippen LogP contribution in [0.1, 0.15) is 0 Å². The summed E-state index contributed by atoms with van der Waals surface area (Å²) in [5, 5.41) is 8.81. The lowest BCUT2D eigenvalue weighted by Crippen LogP contribution is -2.12. The molecule has 0 bridgehead atoms. The van der Waals surface area contributed by atoms with Crippen LogP contribution in [0.4, 0.5) is 0 Å². The summed E-state index contributed by atoms with van der Waals surface area (Å²) in [5.74, 6) is 2.96. The van der Waals surface area contributed by atoms with Crippen molar-refractivity contribution >= 4 is 10.0 Å². The zero-order valence-electron chi connectivity index (χ0n) is 7.25. The lowest BCUT2D eigenvalue weighted by molar-refractivity contribution is 0.322. The smallest absolute Gasteiger partial charge is 0.0507 e. The molecule has 1 nitrogen and oxygen atoms in total. The van der Waals surface area contributed by atoms with Gasteiger partial charge in [-0.2, -0.15) is 0 Å². The second kappa shape index (κ2) is 5.44. The lowest BCUT2D eigenvalue weighted by Gasteiger charge is -2.32. The normalized spacial score (nSPS) is 12.5. The molecule has 0 aliphatic carbocycles. The molecule has 0 radical (unpaired) electrons. The van der Waals surface area contributed by atoms with Gasteiger partial charge in [0.1, 0.15) is 0 Å². The molecule has 0 aromatic heterocycles. The van der Waals surface area contributed by atoms with E-state index in [2.05, 4.69) is 19.4 Å². The number of hydrogen-bond donors (Lipinski definition) is 1. The molecular weight excluding hydrogens is 156 g/mol. The van der Waals surface area contributed by atoms with Crippen LogP contribution in [0.5, 0.6) is 0 Å². The molecular formula is C9H18OS. The first-order valence-corrected chi connectivity index (χ1v) is 6.27. The molecule has 0 aromatic rings. The van der Waals surface area contributed by atoms with Crippen molar-refractivity contribution in [1.82, 2.24) is 0 Å². The van der Waals surface area contributed by atoms with Gasteiger partial charge in [0, 0.05) is 5.75 Å². The Kier molecular flexibility index (Phi) is 5.34. The average Bonchev–Trinajstić information content (AvgIpc) is 1.88. The Morgan fingerprint density at radius 1 is 1.27 bits per heavy atom. The SMILES string of the molecule is C=CCS(C)(CC=C)CCO. The minimum absolute atomic E-state index is 0.285. The van der Waals surface area contributed by atoms with Gasteiger partial charge in [0.05, 0.1) is 6.61 Å². The summed E-state index contributed by atoms with van der Waals surface area (Å²) in [6.07, 6.45) is 6.11. The van der Waals surface area contributed by atoms with Gasteiger partial charge in [0.15, 0.2) is 0 Å². The Bertz CT molecular complexity index is 122. The van der Waals surface area contributed by atoms with E-state index < -0.39 is 10.0 Å². The van der Waals surface area contributed by atoms with Crippen LogP contribution in [0.3, 0.4) is 0 Å². The van der Waals surface area contributed by atoms with E-state index >= 15 is 0 Å². The quantitative estimate of drug-likeness (QED) is 0.609. The molecule has 0 rings (SSSR count). The van der Waals surface area contributed by atoms with Crippen molar-refractivity contribution in [3.05, 3.63) is 25.3 Å². The van der Waals surface area contributed by atoms with E-state index in [0.717, 1.165) is 17.3 Å². The first kappa shape index (κ1) is 10.8. The third-order valence-corrected chi connectivity index (χ3v) is 4.87. The van der Waals surface area contributed by atoms with Crippen molar-refractivity contribution < 1.29 is 5.11 Å². The summed E-state index contributed by atoms with van der Waals surface area (Å²) in [5.41, 5.74) is 0. The summed E-state index contributed by atoms with van der Waals surface area (Å²) in [6, 6.07) is 0. The van der Waals surface area contributed by atoms with Gasteiger partial charge < -0.3 is 5.11 Å². The third-order valence-electron chi connectivity index (χ3n) is 1.62. The van der Waals surface area contributed by atoms with Crippen LogP contribution >= 0.6 is 10.0 Å².